The van der Waals surface area contributed by atoms with Gasteiger partial charge in [-0.15, -0.1) is 0 Å². The van der Waals surface area contributed by atoms with Gasteiger partial charge in [-0.2, -0.15) is 5.10 Å². The number of ether oxygens (including phenoxy) is 1. The highest BCUT2D eigenvalue weighted by Crippen LogP contribution is 2.23. The molecule has 0 saturated heterocycles. The van der Waals surface area contributed by atoms with E-state index in [0.717, 1.165) is 5.69 Å². The van der Waals surface area contributed by atoms with Crippen molar-refractivity contribution in [3.63, 3.8) is 0 Å². The number of carbonyl (C=O) groups excluding carboxylic acids is 1. The van der Waals surface area contributed by atoms with Crippen molar-refractivity contribution < 1.29 is 9.53 Å². The average molecular weight is 301 g/mol. The summed E-state index contributed by atoms with van der Waals surface area (Å²) in [5, 5.41) is 4.87. The van der Waals surface area contributed by atoms with Crippen LogP contribution in [0.1, 0.15) is 16.8 Å². The SMILES string of the molecule is O=C1/C(=N/Nc2ccc(Cl)cc2)CCOc2ccccc21. The summed E-state index contributed by atoms with van der Waals surface area (Å²) >= 11 is 5.83. The Morgan fingerprint density at radius 2 is 1.86 bits per heavy atom. The number of nitrogens with one attached hydrogen (secondary N) is 1. The zero-order chi connectivity index (χ0) is 14.7. The summed E-state index contributed by atoms with van der Waals surface area (Å²) in [5.74, 6) is 0.503. The summed E-state index contributed by atoms with van der Waals surface area (Å²) in [7, 11) is 0. The molecular formula is C16H13ClN2O2. The van der Waals surface area contributed by atoms with E-state index in [-0.39, 0.29) is 5.78 Å². The van der Waals surface area contributed by atoms with Gasteiger partial charge < -0.3 is 4.74 Å². The van der Waals surface area contributed by atoms with Crippen LogP contribution in [0.25, 0.3) is 0 Å². The largest absolute Gasteiger partial charge is 0.492 e. The molecule has 0 radical (unpaired) electrons. The number of hydrogen-bond acceptors (Lipinski definition) is 4. The number of Topliss-reactive ketones (excluding diaryl/α,β-unsaturated/α-hetero) is 1. The smallest absolute Gasteiger partial charge is 0.212 e. The van der Waals surface area contributed by atoms with Gasteiger partial charge >= 0.3 is 0 Å². The lowest BCUT2D eigenvalue weighted by Gasteiger charge is -2.04. The molecule has 2 aromatic carbocycles. The van der Waals surface area contributed by atoms with E-state index in [1.807, 2.05) is 12.1 Å². The van der Waals surface area contributed by atoms with Crippen LogP contribution >= 0.6 is 11.6 Å². The van der Waals surface area contributed by atoms with Crippen LogP contribution in [0.2, 0.25) is 5.02 Å². The van der Waals surface area contributed by atoms with Crippen LogP contribution < -0.4 is 10.2 Å². The fraction of sp³-hybridized carbons (Fsp3) is 0.125. The Hall–Kier alpha value is -2.33. The first-order chi connectivity index (χ1) is 10.2. The van der Waals surface area contributed by atoms with E-state index in [0.29, 0.717) is 35.1 Å². The van der Waals surface area contributed by atoms with E-state index in [4.69, 9.17) is 16.3 Å². The van der Waals surface area contributed by atoms with E-state index in [9.17, 15) is 4.79 Å². The van der Waals surface area contributed by atoms with Crippen molar-refractivity contribution >= 4 is 28.8 Å². The first-order valence-corrected chi connectivity index (χ1v) is 6.96. The summed E-state index contributed by atoms with van der Waals surface area (Å²) < 4.78 is 5.57. The van der Waals surface area contributed by atoms with Gasteiger partial charge in [-0.05, 0) is 36.4 Å². The molecule has 0 saturated carbocycles. The fourth-order valence-corrected chi connectivity index (χ4v) is 2.20. The molecule has 21 heavy (non-hydrogen) atoms. The number of anilines is 1. The molecule has 4 nitrogen and oxygen atoms in total. The lowest BCUT2D eigenvalue weighted by molar-refractivity contribution is 0.106. The van der Waals surface area contributed by atoms with Crippen molar-refractivity contribution in [3.05, 3.63) is 59.1 Å². The molecule has 0 bridgehead atoms. The third kappa shape index (κ3) is 3.06. The lowest BCUT2D eigenvalue weighted by atomic mass is 10.1. The summed E-state index contributed by atoms with van der Waals surface area (Å²) in [6, 6.07) is 14.3. The third-order valence-electron chi connectivity index (χ3n) is 3.15. The van der Waals surface area contributed by atoms with E-state index >= 15 is 0 Å². The quantitative estimate of drug-likeness (QED) is 0.859. The Morgan fingerprint density at radius 3 is 2.67 bits per heavy atom. The van der Waals surface area contributed by atoms with Gasteiger partial charge in [0.05, 0.1) is 17.9 Å². The second-order valence-corrected chi connectivity index (χ2v) is 5.04. The first kappa shape index (κ1) is 13.6. The molecule has 0 unspecified atom stereocenters. The highest BCUT2D eigenvalue weighted by atomic mass is 35.5. The number of hydrogen-bond donors (Lipinski definition) is 1. The molecule has 1 aliphatic rings. The van der Waals surface area contributed by atoms with Crippen LogP contribution in [-0.4, -0.2) is 18.1 Å². The maximum absolute atomic E-state index is 12.4. The Balaban J connectivity index is 1.83. The summed E-state index contributed by atoms with van der Waals surface area (Å²) in [5.41, 5.74) is 4.66. The Labute approximate surface area is 127 Å². The van der Waals surface area contributed by atoms with Crippen molar-refractivity contribution in [2.24, 2.45) is 5.10 Å². The number of ketones is 1. The van der Waals surface area contributed by atoms with Gasteiger partial charge in [0.1, 0.15) is 11.5 Å². The maximum atomic E-state index is 12.4. The fourth-order valence-electron chi connectivity index (χ4n) is 2.07. The van der Waals surface area contributed by atoms with Crippen LogP contribution in [0.15, 0.2) is 53.6 Å². The molecule has 0 fully saturated rings. The van der Waals surface area contributed by atoms with Crippen LogP contribution in [0.5, 0.6) is 5.75 Å². The van der Waals surface area contributed by atoms with E-state index in [1.165, 1.54) is 0 Å². The predicted octanol–water partition coefficient (Wildman–Crippen LogP) is 3.77. The van der Waals surface area contributed by atoms with Crippen molar-refractivity contribution in [2.45, 2.75) is 6.42 Å². The minimum Gasteiger partial charge on any atom is -0.492 e. The molecule has 0 aromatic heterocycles. The number of fused-ring (bicyclic) bond motifs is 1. The summed E-state index contributed by atoms with van der Waals surface area (Å²) in [6.07, 6.45) is 0.466. The number of para-hydroxylation sites is 1. The Kier molecular flexibility index (Phi) is 3.88. The Morgan fingerprint density at radius 1 is 1.10 bits per heavy atom. The second kappa shape index (κ2) is 5.97. The monoisotopic (exact) mass is 300 g/mol. The van der Waals surface area contributed by atoms with E-state index < -0.39 is 0 Å². The molecule has 1 aliphatic heterocycles. The first-order valence-electron chi connectivity index (χ1n) is 6.59. The van der Waals surface area contributed by atoms with Gasteiger partial charge in [-0.3, -0.25) is 10.2 Å². The molecular weight excluding hydrogens is 288 g/mol. The lowest BCUT2D eigenvalue weighted by Crippen LogP contribution is -2.15. The zero-order valence-corrected chi connectivity index (χ0v) is 11.9. The maximum Gasteiger partial charge on any atom is 0.212 e. The van der Waals surface area contributed by atoms with Gasteiger partial charge in [0.25, 0.3) is 0 Å². The molecule has 1 heterocycles. The number of hydrazone groups is 1. The minimum absolute atomic E-state index is 0.107. The standard InChI is InChI=1S/C16H13ClN2O2/c17-11-5-7-12(8-6-11)18-19-14-9-10-21-15-4-2-1-3-13(15)16(14)20/h1-8,18H,9-10H2/b19-14+. The molecule has 1 N–H and O–H groups in total. The highest BCUT2D eigenvalue weighted by Gasteiger charge is 2.22. The molecule has 2 aromatic rings. The topological polar surface area (TPSA) is 50.7 Å². The Bertz CT molecular complexity index is 696. The van der Waals surface area contributed by atoms with Gasteiger partial charge in [0.2, 0.25) is 5.78 Å². The molecule has 3 rings (SSSR count). The van der Waals surface area contributed by atoms with Gasteiger partial charge in [-0.25, -0.2) is 0 Å². The molecule has 0 atom stereocenters. The highest BCUT2D eigenvalue weighted by molar-refractivity contribution is 6.46. The van der Waals surface area contributed by atoms with Crippen molar-refractivity contribution in [1.29, 1.82) is 0 Å². The number of halogens is 1. The number of benzene rings is 2. The minimum atomic E-state index is -0.107. The number of carbonyl (C=O) groups is 1. The van der Waals surface area contributed by atoms with E-state index in [1.54, 1.807) is 36.4 Å². The van der Waals surface area contributed by atoms with Gasteiger partial charge in [-0.1, -0.05) is 23.7 Å². The molecule has 0 aliphatic carbocycles. The molecule has 0 spiro atoms. The predicted molar refractivity (Wildman–Crippen MR) is 83.4 cm³/mol. The number of rotatable bonds is 2. The van der Waals surface area contributed by atoms with Crippen molar-refractivity contribution in [2.75, 3.05) is 12.0 Å². The van der Waals surface area contributed by atoms with Crippen LogP contribution in [0.3, 0.4) is 0 Å². The van der Waals surface area contributed by atoms with Crippen LogP contribution in [-0.2, 0) is 0 Å². The summed E-state index contributed by atoms with van der Waals surface area (Å²) in [6.45, 7) is 0.434. The average Bonchev–Trinajstić information content (AvgIpc) is 2.67. The van der Waals surface area contributed by atoms with E-state index in [2.05, 4.69) is 10.5 Å². The summed E-state index contributed by atoms with van der Waals surface area (Å²) in [4.78, 5) is 12.4. The second-order valence-electron chi connectivity index (χ2n) is 4.60. The third-order valence-corrected chi connectivity index (χ3v) is 3.41. The molecule has 106 valence electrons. The normalized spacial score (nSPS) is 16.0. The molecule has 5 heteroatoms. The van der Waals surface area contributed by atoms with Gasteiger partial charge in [0.15, 0.2) is 0 Å². The van der Waals surface area contributed by atoms with Gasteiger partial charge in [0, 0.05) is 11.4 Å². The van der Waals surface area contributed by atoms with Crippen molar-refractivity contribution in [1.82, 2.24) is 0 Å². The van der Waals surface area contributed by atoms with Crippen LogP contribution in [0.4, 0.5) is 5.69 Å². The number of nitrogens with zero attached hydrogens (tertiary/aromatic N) is 1. The van der Waals surface area contributed by atoms with Crippen LogP contribution in [0, 0.1) is 0 Å². The molecule has 0 amide bonds. The zero-order valence-electron chi connectivity index (χ0n) is 11.2. The van der Waals surface area contributed by atoms with Crippen molar-refractivity contribution in [3.8, 4) is 5.75 Å².